The van der Waals surface area contributed by atoms with Crippen molar-refractivity contribution in [3.8, 4) is 0 Å². The van der Waals surface area contributed by atoms with Gasteiger partial charge < -0.3 is 15.2 Å². The van der Waals surface area contributed by atoms with Gasteiger partial charge in [0, 0.05) is 19.6 Å². The molecule has 0 aliphatic carbocycles. The van der Waals surface area contributed by atoms with Crippen LogP contribution in [0.15, 0.2) is 54.9 Å². The first kappa shape index (κ1) is 19.7. The third-order valence-electron chi connectivity index (χ3n) is 4.37. The average molecular weight is 390 g/mol. The number of alkyl halides is 3. The van der Waals surface area contributed by atoms with Gasteiger partial charge in [0.1, 0.15) is 0 Å². The van der Waals surface area contributed by atoms with Gasteiger partial charge >= 0.3 is 12.2 Å². The fourth-order valence-corrected chi connectivity index (χ4v) is 2.88. The molecule has 2 aromatic carbocycles. The first-order valence-electron chi connectivity index (χ1n) is 9.01. The van der Waals surface area contributed by atoms with E-state index in [2.05, 4.69) is 15.6 Å². The molecule has 2 amide bonds. The Morgan fingerprint density at radius 2 is 1.71 bits per heavy atom. The number of imidazole rings is 1. The molecule has 0 atom stereocenters. The summed E-state index contributed by atoms with van der Waals surface area (Å²) >= 11 is 0. The summed E-state index contributed by atoms with van der Waals surface area (Å²) in [5, 5.41) is 5.48. The highest BCUT2D eigenvalue weighted by Gasteiger charge is 2.29. The summed E-state index contributed by atoms with van der Waals surface area (Å²) in [6.07, 6.45) is -1.33. The van der Waals surface area contributed by atoms with Gasteiger partial charge in [0.05, 0.1) is 22.9 Å². The largest absolute Gasteiger partial charge is 0.416 e. The Kier molecular flexibility index (Phi) is 6.18. The van der Waals surface area contributed by atoms with Crippen molar-refractivity contribution in [2.75, 3.05) is 13.1 Å². The van der Waals surface area contributed by atoms with Crippen LogP contribution in [0.5, 0.6) is 0 Å². The van der Waals surface area contributed by atoms with Gasteiger partial charge in [-0.05, 0) is 42.7 Å². The second kappa shape index (κ2) is 8.77. The van der Waals surface area contributed by atoms with Crippen LogP contribution in [0, 0.1) is 0 Å². The summed E-state index contributed by atoms with van der Waals surface area (Å²) in [6, 6.07) is 12.5. The molecule has 0 fully saturated rings. The topological polar surface area (TPSA) is 59.0 Å². The number of hydrogen-bond acceptors (Lipinski definition) is 2. The maximum Gasteiger partial charge on any atom is 0.416 e. The molecule has 8 heteroatoms. The van der Waals surface area contributed by atoms with Crippen molar-refractivity contribution < 1.29 is 18.0 Å². The number of para-hydroxylation sites is 2. The summed E-state index contributed by atoms with van der Waals surface area (Å²) in [5.74, 6) is 0. The van der Waals surface area contributed by atoms with Gasteiger partial charge in [0.15, 0.2) is 0 Å². The number of carbonyl (C=O) groups excluding carboxylic acids is 1. The van der Waals surface area contributed by atoms with Crippen LogP contribution in [0.4, 0.5) is 18.0 Å². The van der Waals surface area contributed by atoms with E-state index < -0.39 is 11.7 Å². The molecule has 0 spiro atoms. The molecular weight excluding hydrogens is 369 g/mol. The number of aromatic nitrogens is 2. The lowest BCUT2D eigenvalue weighted by molar-refractivity contribution is -0.137. The van der Waals surface area contributed by atoms with E-state index in [1.165, 1.54) is 12.1 Å². The fraction of sp³-hybridized carbons (Fsp3) is 0.300. The lowest BCUT2D eigenvalue weighted by Gasteiger charge is -2.09. The van der Waals surface area contributed by atoms with E-state index in [1.54, 1.807) is 6.33 Å². The molecule has 0 aliphatic rings. The number of amides is 2. The number of halogens is 3. The molecule has 0 aliphatic heterocycles. The molecule has 3 rings (SSSR count). The van der Waals surface area contributed by atoms with Crippen LogP contribution in [-0.2, 0) is 19.1 Å². The SMILES string of the molecule is O=C(NCCCn1cnc2ccccc21)NCCc1ccc(C(F)(F)F)cc1. The summed E-state index contributed by atoms with van der Waals surface area (Å²) in [7, 11) is 0. The summed E-state index contributed by atoms with van der Waals surface area (Å²) in [4.78, 5) is 16.1. The molecule has 0 saturated heterocycles. The predicted octanol–water partition coefficient (Wildman–Crippen LogP) is 3.99. The highest BCUT2D eigenvalue weighted by Crippen LogP contribution is 2.29. The van der Waals surface area contributed by atoms with Gasteiger partial charge in [0.25, 0.3) is 0 Å². The molecule has 0 unspecified atom stereocenters. The van der Waals surface area contributed by atoms with Crippen LogP contribution in [0.2, 0.25) is 0 Å². The lowest BCUT2D eigenvalue weighted by atomic mass is 10.1. The number of aryl methyl sites for hydroxylation is 1. The van der Waals surface area contributed by atoms with E-state index >= 15 is 0 Å². The van der Waals surface area contributed by atoms with Crippen LogP contribution in [0.1, 0.15) is 17.5 Å². The third-order valence-corrected chi connectivity index (χ3v) is 4.37. The Hall–Kier alpha value is -3.03. The maximum atomic E-state index is 12.5. The summed E-state index contributed by atoms with van der Waals surface area (Å²) in [6.45, 7) is 1.61. The van der Waals surface area contributed by atoms with Crippen LogP contribution in [0.3, 0.4) is 0 Å². The van der Waals surface area contributed by atoms with E-state index in [0.29, 0.717) is 19.5 Å². The van der Waals surface area contributed by atoms with Crippen LogP contribution >= 0.6 is 0 Å². The molecule has 5 nitrogen and oxygen atoms in total. The summed E-state index contributed by atoms with van der Waals surface area (Å²) in [5.41, 5.74) is 2.06. The molecule has 28 heavy (non-hydrogen) atoms. The third kappa shape index (κ3) is 5.25. The van der Waals surface area contributed by atoms with E-state index in [4.69, 9.17) is 0 Å². The Morgan fingerprint density at radius 3 is 2.46 bits per heavy atom. The molecule has 0 bridgehead atoms. The highest BCUT2D eigenvalue weighted by molar-refractivity contribution is 5.75. The molecule has 148 valence electrons. The van der Waals surface area contributed by atoms with Crippen molar-refractivity contribution in [1.29, 1.82) is 0 Å². The molecule has 2 N–H and O–H groups in total. The van der Waals surface area contributed by atoms with Gasteiger partial charge in [0.2, 0.25) is 0 Å². The minimum atomic E-state index is -4.33. The number of fused-ring (bicyclic) bond motifs is 1. The quantitative estimate of drug-likeness (QED) is 0.600. The van der Waals surface area contributed by atoms with Crippen LogP contribution in [0.25, 0.3) is 11.0 Å². The Morgan fingerprint density at radius 1 is 1.00 bits per heavy atom. The van der Waals surface area contributed by atoms with Crippen molar-refractivity contribution in [3.63, 3.8) is 0 Å². The number of nitrogens with zero attached hydrogens (tertiary/aromatic N) is 2. The zero-order valence-electron chi connectivity index (χ0n) is 15.2. The Balaban J connectivity index is 1.33. The van der Waals surface area contributed by atoms with Crippen LogP contribution in [-0.4, -0.2) is 28.7 Å². The standard InChI is InChI=1S/C20H21F3N4O/c21-20(22,23)16-8-6-15(7-9-16)10-12-25-19(28)24-11-3-13-27-14-26-17-4-1-2-5-18(17)27/h1-2,4-9,14H,3,10-13H2,(H2,24,25,28). The number of benzene rings is 2. The maximum absolute atomic E-state index is 12.5. The summed E-state index contributed by atoms with van der Waals surface area (Å²) < 4.78 is 39.6. The van der Waals surface area contributed by atoms with Crippen molar-refractivity contribution in [2.24, 2.45) is 0 Å². The van der Waals surface area contributed by atoms with E-state index in [9.17, 15) is 18.0 Å². The minimum Gasteiger partial charge on any atom is -0.338 e. The van der Waals surface area contributed by atoms with Gasteiger partial charge in [-0.15, -0.1) is 0 Å². The Bertz CT molecular complexity index is 919. The highest BCUT2D eigenvalue weighted by atomic mass is 19.4. The molecule has 0 saturated carbocycles. The van der Waals surface area contributed by atoms with Crippen molar-refractivity contribution in [2.45, 2.75) is 25.6 Å². The Labute approximate surface area is 160 Å². The van der Waals surface area contributed by atoms with Crippen LogP contribution < -0.4 is 10.6 Å². The predicted molar refractivity (Wildman–Crippen MR) is 101 cm³/mol. The number of urea groups is 1. The first-order chi connectivity index (χ1) is 13.4. The zero-order chi connectivity index (χ0) is 20.0. The molecule has 3 aromatic rings. The second-order valence-corrected chi connectivity index (χ2v) is 6.41. The monoisotopic (exact) mass is 390 g/mol. The van der Waals surface area contributed by atoms with E-state index in [1.807, 2.05) is 28.8 Å². The number of hydrogen-bond donors (Lipinski definition) is 2. The number of nitrogens with one attached hydrogen (secondary N) is 2. The lowest BCUT2D eigenvalue weighted by Crippen LogP contribution is -2.37. The molecule has 0 radical (unpaired) electrons. The fourth-order valence-electron chi connectivity index (χ4n) is 2.88. The molecular formula is C20H21F3N4O. The van der Waals surface area contributed by atoms with Crippen molar-refractivity contribution in [3.05, 3.63) is 66.0 Å². The van der Waals surface area contributed by atoms with Gasteiger partial charge in [-0.1, -0.05) is 24.3 Å². The smallest absolute Gasteiger partial charge is 0.338 e. The minimum absolute atomic E-state index is 0.289. The van der Waals surface area contributed by atoms with Gasteiger partial charge in [-0.3, -0.25) is 0 Å². The van der Waals surface area contributed by atoms with E-state index in [-0.39, 0.29) is 6.03 Å². The zero-order valence-corrected chi connectivity index (χ0v) is 15.2. The first-order valence-corrected chi connectivity index (χ1v) is 9.01. The molecule has 1 heterocycles. The van der Waals surface area contributed by atoms with E-state index in [0.717, 1.165) is 41.7 Å². The van der Waals surface area contributed by atoms with Crippen molar-refractivity contribution in [1.82, 2.24) is 20.2 Å². The number of rotatable bonds is 7. The van der Waals surface area contributed by atoms with Crippen molar-refractivity contribution >= 4 is 17.1 Å². The molecule has 1 aromatic heterocycles. The van der Waals surface area contributed by atoms with Gasteiger partial charge in [-0.25, -0.2) is 9.78 Å². The number of carbonyl (C=O) groups is 1. The normalized spacial score (nSPS) is 11.5. The van der Waals surface area contributed by atoms with Gasteiger partial charge in [-0.2, -0.15) is 13.2 Å². The second-order valence-electron chi connectivity index (χ2n) is 6.41. The average Bonchev–Trinajstić information content (AvgIpc) is 3.08.